The van der Waals surface area contributed by atoms with E-state index < -0.39 is 0 Å². The number of piperidine rings is 1. The molecule has 0 aromatic heterocycles. The van der Waals surface area contributed by atoms with Crippen molar-refractivity contribution in [2.24, 2.45) is 17.8 Å². The first-order valence-corrected chi connectivity index (χ1v) is 9.46. The Balaban J connectivity index is 0.00000208. The predicted molar refractivity (Wildman–Crippen MR) is 97.1 cm³/mol. The van der Waals surface area contributed by atoms with Gasteiger partial charge < -0.3 is 15.5 Å². The largest absolute Gasteiger partial charge is 0.352 e. The van der Waals surface area contributed by atoms with Crippen molar-refractivity contribution in [3.05, 3.63) is 0 Å². The third-order valence-electron chi connectivity index (χ3n) is 5.99. The lowest BCUT2D eigenvalue weighted by Gasteiger charge is -2.35. The molecular weight excluding hydrogens is 326 g/mol. The Kier molecular flexibility index (Phi) is 7.35. The van der Waals surface area contributed by atoms with Crippen molar-refractivity contribution >= 4 is 24.2 Å². The van der Waals surface area contributed by atoms with Gasteiger partial charge in [0.15, 0.2) is 0 Å². The summed E-state index contributed by atoms with van der Waals surface area (Å²) in [6.07, 6.45) is 7.22. The van der Waals surface area contributed by atoms with E-state index in [2.05, 4.69) is 17.6 Å². The summed E-state index contributed by atoms with van der Waals surface area (Å²) in [6.45, 7) is 5.86. The zero-order chi connectivity index (χ0) is 16.2. The second-order valence-corrected chi connectivity index (χ2v) is 7.62. The Morgan fingerprint density at radius 2 is 1.67 bits per heavy atom. The predicted octanol–water partition coefficient (Wildman–Crippen LogP) is 1.95. The summed E-state index contributed by atoms with van der Waals surface area (Å²) in [5.41, 5.74) is 0. The molecule has 1 aliphatic carbocycles. The van der Waals surface area contributed by atoms with E-state index in [0.29, 0.717) is 5.92 Å². The van der Waals surface area contributed by atoms with Gasteiger partial charge in [-0.15, -0.1) is 12.4 Å². The summed E-state index contributed by atoms with van der Waals surface area (Å²) in [7, 11) is 0. The average Bonchev–Trinajstić information content (AvgIpc) is 3.11. The minimum atomic E-state index is -0.119. The molecule has 4 atom stereocenters. The van der Waals surface area contributed by atoms with Gasteiger partial charge in [0.25, 0.3) is 0 Å². The molecule has 0 spiro atoms. The number of rotatable bonds is 3. The van der Waals surface area contributed by atoms with Crippen LogP contribution < -0.4 is 10.6 Å². The number of carbonyl (C=O) groups excluding carboxylic acids is 2. The summed E-state index contributed by atoms with van der Waals surface area (Å²) >= 11 is 0. The molecule has 0 aromatic rings. The fourth-order valence-electron chi connectivity index (χ4n) is 4.39. The first-order valence-electron chi connectivity index (χ1n) is 9.46. The molecular formula is C18H32ClN3O2. The van der Waals surface area contributed by atoms with E-state index in [-0.39, 0.29) is 42.1 Å². The number of nitrogens with zero attached hydrogens (tertiary/aromatic N) is 1. The van der Waals surface area contributed by atoms with E-state index in [1.165, 1.54) is 0 Å². The van der Waals surface area contributed by atoms with Crippen LogP contribution in [0.2, 0.25) is 0 Å². The number of amides is 2. The van der Waals surface area contributed by atoms with Crippen LogP contribution in [0.3, 0.4) is 0 Å². The van der Waals surface area contributed by atoms with Crippen LogP contribution in [0.5, 0.6) is 0 Å². The van der Waals surface area contributed by atoms with Gasteiger partial charge >= 0.3 is 0 Å². The lowest BCUT2D eigenvalue weighted by Crippen LogP contribution is -2.53. The van der Waals surface area contributed by atoms with Crippen LogP contribution in [-0.2, 0) is 9.59 Å². The van der Waals surface area contributed by atoms with Gasteiger partial charge in [0.2, 0.25) is 11.8 Å². The molecule has 2 N–H and O–H groups in total. The van der Waals surface area contributed by atoms with Gasteiger partial charge in [0.1, 0.15) is 0 Å². The van der Waals surface area contributed by atoms with Crippen LogP contribution in [0.1, 0.15) is 51.9 Å². The first kappa shape index (κ1) is 19.5. The molecule has 0 radical (unpaired) electrons. The Bertz CT molecular complexity index is 440. The molecule has 3 rings (SSSR count). The summed E-state index contributed by atoms with van der Waals surface area (Å²) in [6, 6.07) is 0.209. The molecule has 3 fully saturated rings. The van der Waals surface area contributed by atoms with Gasteiger partial charge in [-0.1, -0.05) is 19.8 Å². The molecule has 2 heterocycles. The van der Waals surface area contributed by atoms with E-state index in [4.69, 9.17) is 0 Å². The van der Waals surface area contributed by atoms with Crippen LogP contribution in [0.25, 0.3) is 0 Å². The fraction of sp³-hybridized carbons (Fsp3) is 0.889. The van der Waals surface area contributed by atoms with Gasteiger partial charge in [-0.25, -0.2) is 0 Å². The highest BCUT2D eigenvalue weighted by Crippen LogP contribution is 2.33. The Morgan fingerprint density at radius 3 is 2.33 bits per heavy atom. The molecule has 1 saturated carbocycles. The van der Waals surface area contributed by atoms with E-state index in [0.717, 1.165) is 71.1 Å². The highest BCUT2D eigenvalue weighted by Gasteiger charge is 2.39. The lowest BCUT2D eigenvalue weighted by atomic mass is 9.77. The van der Waals surface area contributed by atoms with Crippen molar-refractivity contribution in [2.45, 2.75) is 57.9 Å². The molecule has 0 bridgehead atoms. The maximum atomic E-state index is 12.8. The van der Waals surface area contributed by atoms with Crippen molar-refractivity contribution in [2.75, 3.05) is 26.2 Å². The third-order valence-corrected chi connectivity index (χ3v) is 5.99. The molecule has 6 heteroatoms. The molecule has 2 aliphatic heterocycles. The van der Waals surface area contributed by atoms with Gasteiger partial charge in [-0.2, -0.15) is 0 Å². The summed E-state index contributed by atoms with van der Waals surface area (Å²) < 4.78 is 0. The third kappa shape index (κ3) is 4.42. The van der Waals surface area contributed by atoms with Crippen LogP contribution in [0.15, 0.2) is 0 Å². The minimum absolute atomic E-state index is 0. The topological polar surface area (TPSA) is 61.4 Å². The number of nitrogens with one attached hydrogen (secondary N) is 2. The monoisotopic (exact) mass is 357 g/mol. The van der Waals surface area contributed by atoms with Crippen LogP contribution in [-0.4, -0.2) is 48.9 Å². The first-order chi connectivity index (χ1) is 11.2. The van der Waals surface area contributed by atoms with Gasteiger partial charge in [0.05, 0.1) is 0 Å². The van der Waals surface area contributed by atoms with Crippen molar-refractivity contribution in [1.82, 2.24) is 15.5 Å². The van der Waals surface area contributed by atoms with E-state index in [1.54, 1.807) is 0 Å². The number of hydrogen-bond donors (Lipinski definition) is 2. The zero-order valence-corrected chi connectivity index (χ0v) is 15.6. The van der Waals surface area contributed by atoms with E-state index >= 15 is 0 Å². The molecule has 3 aliphatic rings. The molecule has 0 aromatic carbocycles. The minimum Gasteiger partial charge on any atom is -0.352 e. The van der Waals surface area contributed by atoms with E-state index in [9.17, 15) is 9.59 Å². The molecule has 24 heavy (non-hydrogen) atoms. The number of halogens is 1. The molecule has 2 amide bonds. The Morgan fingerprint density at radius 1 is 1.00 bits per heavy atom. The van der Waals surface area contributed by atoms with Crippen molar-refractivity contribution < 1.29 is 9.59 Å². The van der Waals surface area contributed by atoms with Crippen molar-refractivity contribution in [1.29, 1.82) is 0 Å². The second kappa shape index (κ2) is 9.04. The van der Waals surface area contributed by atoms with Gasteiger partial charge in [0, 0.05) is 37.5 Å². The fourth-order valence-corrected chi connectivity index (χ4v) is 4.39. The molecule has 138 valence electrons. The number of likely N-dealkylation sites (tertiary alicyclic amines) is 1. The molecule has 5 nitrogen and oxygen atoms in total. The van der Waals surface area contributed by atoms with Crippen LogP contribution >= 0.6 is 12.4 Å². The zero-order valence-electron chi connectivity index (χ0n) is 14.8. The maximum absolute atomic E-state index is 12.8. The molecule has 2 saturated heterocycles. The number of hydrogen-bond acceptors (Lipinski definition) is 3. The van der Waals surface area contributed by atoms with Crippen LogP contribution in [0.4, 0.5) is 0 Å². The second-order valence-electron chi connectivity index (χ2n) is 7.62. The van der Waals surface area contributed by atoms with E-state index in [1.807, 2.05) is 4.90 Å². The smallest absolute Gasteiger partial charge is 0.226 e. The highest BCUT2D eigenvalue weighted by molar-refractivity contribution is 5.88. The van der Waals surface area contributed by atoms with Crippen molar-refractivity contribution in [3.63, 3.8) is 0 Å². The van der Waals surface area contributed by atoms with Gasteiger partial charge in [-0.3, -0.25) is 9.59 Å². The Hall–Kier alpha value is -0.810. The quantitative estimate of drug-likeness (QED) is 0.811. The van der Waals surface area contributed by atoms with Gasteiger partial charge in [-0.05, 0) is 44.6 Å². The summed E-state index contributed by atoms with van der Waals surface area (Å²) in [5, 5.41) is 6.60. The maximum Gasteiger partial charge on any atom is 0.226 e. The molecule has 4 unspecified atom stereocenters. The van der Waals surface area contributed by atoms with Crippen LogP contribution in [0, 0.1) is 17.8 Å². The normalized spacial score (nSPS) is 33.6. The SMILES string of the molecule is CC1CCNCC1NC(=O)C1CCCCC1C(=O)N1CCCC1.Cl. The summed E-state index contributed by atoms with van der Waals surface area (Å²) in [5.74, 6) is 0.649. The standard InChI is InChI=1S/C18H31N3O2.ClH/c1-13-8-9-19-12-16(13)20-17(22)14-6-2-3-7-15(14)18(23)21-10-4-5-11-21;/h13-16,19H,2-12H2,1H3,(H,20,22);1H. The average molecular weight is 358 g/mol. The Labute approximate surface area is 151 Å². The van der Waals surface area contributed by atoms with Crippen molar-refractivity contribution in [3.8, 4) is 0 Å². The lowest BCUT2D eigenvalue weighted by molar-refractivity contribution is -0.143. The number of carbonyl (C=O) groups is 2. The summed E-state index contributed by atoms with van der Waals surface area (Å²) in [4.78, 5) is 27.6. The highest BCUT2D eigenvalue weighted by atomic mass is 35.5.